The quantitative estimate of drug-likeness (QED) is 0.832. The first kappa shape index (κ1) is 19.6. The summed E-state index contributed by atoms with van der Waals surface area (Å²) in [5.74, 6) is 1.79. The highest BCUT2D eigenvalue weighted by molar-refractivity contribution is 5.85. The number of hydrogen-bond acceptors (Lipinski definition) is 4. The van der Waals surface area contributed by atoms with Crippen molar-refractivity contribution in [3.05, 3.63) is 23.8 Å². The van der Waals surface area contributed by atoms with Crippen molar-refractivity contribution >= 4 is 18.3 Å². The predicted molar refractivity (Wildman–Crippen MR) is 93.4 cm³/mol. The van der Waals surface area contributed by atoms with E-state index in [1.165, 1.54) is 0 Å². The number of halogens is 1. The van der Waals surface area contributed by atoms with Crippen LogP contribution in [0.25, 0.3) is 0 Å². The molecule has 1 fully saturated rings. The molecule has 2 rings (SSSR count). The molecule has 1 saturated carbocycles. The highest BCUT2D eigenvalue weighted by Gasteiger charge is 2.24. The van der Waals surface area contributed by atoms with Crippen LogP contribution >= 0.6 is 12.4 Å². The van der Waals surface area contributed by atoms with E-state index in [9.17, 15) is 4.79 Å². The van der Waals surface area contributed by atoms with Gasteiger partial charge in [-0.25, -0.2) is 0 Å². The summed E-state index contributed by atoms with van der Waals surface area (Å²) < 4.78 is 10.6. The molecule has 3 N–H and O–H groups in total. The number of carbonyl (C=O) groups excluding carboxylic acids is 1. The number of benzene rings is 1. The van der Waals surface area contributed by atoms with Crippen LogP contribution < -0.4 is 20.5 Å². The minimum atomic E-state index is 0. The molecule has 0 aliphatic heterocycles. The number of nitrogens with two attached hydrogens (primary N) is 1. The zero-order valence-electron chi connectivity index (χ0n) is 13.8. The molecule has 0 spiro atoms. The Labute approximate surface area is 144 Å². The van der Waals surface area contributed by atoms with Gasteiger partial charge in [0.15, 0.2) is 0 Å². The van der Waals surface area contributed by atoms with Crippen molar-refractivity contribution < 1.29 is 14.3 Å². The Bertz CT molecular complexity index is 511. The van der Waals surface area contributed by atoms with Gasteiger partial charge in [-0.1, -0.05) is 6.42 Å². The Balaban J connectivity index is 0.00000264. The van der Waals surface area contributed by atoms with Gasteiger partial charge in [-0.15, -0.1) is 12.4 Å². The number of ether oxygens (including phenoxy) is 2. The molecule has 1 aliphatic rings. The third-order valence-electron chi connectivity index (χ3n) is 4.27. The number of carbonyl (C=O) groups is 1. The van der Waals surface area contributed by atoms with E-state index in [-0.39, 0.29) is 30.3 Å². The van der Waals surface area contributed by atoms with Crippen molar-refractivity contribution in [1.29, 1.82) is 0 Å². The van der Waals surface area contributed by atoms with Crippen LogP contribution in [0.2, 0.25) is 0 Å². The van der Waals surface area contributed by atoms with Crippen molar-refractivity contribution in [3.8, 4) is 11.5 Å². The van der Waals surface area contributed by atoms with Crippen LogP contribution in [0.1, 0.15) is 31.2 Å². The standard InChI is InChI=1S/C17H26N2O3.ClH/c1-21-15-6-7-16(22-2)12(11-15)8-9-19-17(20)13-4-3-5-14(18)10-13;/h6-7,11,13-14H,3-5,8-10,18H2,1-2H3,(H,19,20);1H. The van der Waals surface area contributed by atoms with Crippen molar-refractivity contribution in [2.45, 2.75) is 38.1 Å². The summed E-state index contributed by atoms with van der Waals surface area (Å²) in [7, 11) is 3.28. The van der Waals surface area contributed by atoms with E-state index < -0.39 is 0 Å². The summed E-state index contributed by atoms with van der Waals surface area (Å²) in [5.41, 5.74) is 6.97. The second-order valence-electron chi connectivity index (χ2n) is 5.84. The maximum atomic E-state index is 12.2. The lowest BCUT2D eigenvalue weighted by Gasteiger charge is -2.25. The third-order valence-corrected chi connectivity index (χ3v) is 4.27. The SMILES string of the molecule is COc1ccc(OC)c(CCNC(=O)C2CCCC(N)C2)c1.Cl. The van der Waals surface area contributed by atoms with Gasteiger partial charge in [0.05, 0.1) is 14.2 Å². The highest BCUT2D eigenvalue weighted by atomic mass is 35.5. The van der Waals surface area contributed by atoms with Crippen molar-refractivity contribution in [3.63, 3.8) is 0 Å². The zero-order chi connectivity index (χ0) is 15.9. The molecular weight excluding hydrogens is 316 g/mol. The molecule has 1 aliphatic carbocycles. The fourth-order valence-electron chi connectivity index (χ4n) is 3.01. The van der Waals surface area contributed by atoms with Crippen molar-refractivity contribution in [2.24, 2.45) is 11.7 Å². The summed E-state index contributed by atoms with van der Waals surface area (Å²) in [6.45, 7) is 0.591. The first-order chi connectivity index (χ1) is 10.6. The Hall–Kier alpha value is -1.46. The first-order valence-corrected chi connectivity index (χ1v) is 7.88. The minimum Gasteiger partial charge on any atom is -0.497 e. The van der Waals surface area contributed by atoms with E-state index in [2.05, 4.69) is 5.32 Å². The molecule has 130 valence electrons. The van der Waals surface area contributed by atoms with E-state index in [0.717, 1.165) is 42.7 Å². The fraction of sp³-hybridized carbons (Fsp3) is 0.588. The maximum absolute atomic E-state index is 12.2. The van der Waals surface area contributed by atoms with Gasteiger partial charge in [0, 0.05) is 18.5 Å². The van der Waals surface area contributed by atoms with E-state index in [0.29, 0.717) is 13.0 Å². The molecular formula is C17H27ClN2O3. The summed E-state index contributed by atoms with van der Waals surface area (Å²) in [6.07, 6.45) is 4.54. The second-order valence-corrected chi connectivity index (χ2v) is 5.84. The molecule has 23 heavy (non-hydrogen) atoms. The Morgan fingerprint density at radius 2 is 2.09 bits per heavy atom. The zero-order valence-corrected chi connectivity index (χ0v) is 14.7. The maximum Gasteiger partial charge on any atom is 0.223 e. The van der Waals surface area contributed by atoms with E-state index in [4.69, 9.17) is 15.2 Å². The van der Waals surface area contributed by atoms with E-state index >= 15 is 0 Å². The van der Waals surface area contributed by atoms with Crippen LogP contribution in [0, 0.1) is 5.92 Å². The number of rotatable bonds is 6. The topological polar surface area (TPSA) is 73.6 Å². The highest BCUT2D eigenvalue weighted by Crippen LogP contribution is 2.25. The Kier molecular flexibility index (Phi) is 8.20. The van der Waals surface area contributed by atoms with Gasteiger partial charge in [-0.2, -0.15) is 0 Å². The molecule has 1 aromatic carbocycles. The molecule has 0 radical (unpaired) electrons. The molecule has 1 aromatic rings. The molecule has 1 amide bonds. The summed E-state index contributed by atoms with van der Waals surface area (Å²) >= 11 is 0. The molecule has 0 bridgehead atoms. The van der Waals surface area contributed by atoms with Crippen molar-refractivity contribution in [1.82, 2.24) is 5.32 Å². The van der Waals surface area contributed by atoms with Gasteiger partial charge in [-0.05, 0) is 49.4 Å². The fourth-order valence-corrected chi connectivity index (χ4v) is 3.01. The van der Waals surface area contributed by atoms with Crippen LogP contribution in [0.4, 0.5) is 0 Å². The average molecular weight is 343 g/mol. The van der Waals surface area contributed by atoms with Gasteiger partial charge < -0.3 is 20.5 Å². The smallest absolute Gasteiger partial charge is 0.223 e. The van der Waals surface area contributed by atoms with E-state index in [1.54, 1.807) is 14.2 Å². The van der Waals surface area contributed by atoms with Crippen LogP contribution in [-0.2, 0) is 11.2 Å². The molecule has 0 heterocycles. The third kappa shape index (κ3) is 5.59. The second kappa shape index (κ2) is 9.63. The Morgan fingerprint density at radius 3 is 2.74 bits per heavy atom. The minimum absolute atomic E-state index is 0. The van der Waals surface area contributed by atoms with Gasteiger partial charge in [0.25, 0.3) is 0 Å². The van der Waals surface area contributed by atoms with Gasteiger partial charge in [0.2, 0.25) is 5.91 Å². The molecule has 6 heteroatoms. The van der Waals surface area contributed by atoms with Crippen LogP contribution in [0.5, 0.6) is 11.5 Å². The van der Waals surface area contributed by atoms with Crippen LogP contribution in [-0.4, -0.2) is 32.7 Å². The largest absolute Gasteiger partial charge is 0.497 e. The van der Waals surface area contributed by atoms with Gasteiger partial charge >= 0.3 is 0 Å². The number of nitrogens with one attached hydrogen (secondary N) is 1. The van der Waals surface area contributed by atoms with Crippen LogP contribution in [0.3, 0.4) is 0 Å². The molecule has 5 nitrogen and oxygen atoms in total. The van der Waals surface area contributed by atoms with E-state index in [1.807, 2.05) is 18.2 Å². The first-order valence-electron chi connectivity index (χ1n) is 7.88. The molecule has 0 saturated heterocycles. The van der Waals surface area contributed by atoms with Crippen molar-refractivity contribution in [2.75, 3.05) is 20.8 Å². The normalized spacial score (nSPS) is 20.3. The summed E-state index contributed by atoms with van der Waals surface area (Å²) in [6, 6.07) is 5.87. The lowest BCUT2D eigenvalue weighted by Crippen LogP contribution is -2.38. The Morgan fingerprint density at radius 1 is 1.30 bits per heavy atom. The lowest BCUT2D eigenvalue weighted by molar-refractivity contribution is -0.126. The molecule has 0 aromatic heterocycles. The summed E-state index contributed by atoms with van der Waals surface area (Å²) in [4.78, 5) is 12.2. The number of amides is 1. The van der Waals surface area contributed by atoms with Crippen LogP contribution in [0.15, 0.2) is 18.2 Å². The molecule has 2 unspecified atom stereocenters. The average Bonchev–Trinajstić information content (AvgIpc) is 2.54. The lowest BCUT2D eigenvalue weighted by atomic mass is 9.85. The van der Waals surface area contributed by atoms with Gasteiger partial charge in [0.1, 0.15) is 11.5 Å². The monoisotopic (exact) mass is 342 g/mol. The predicted octanol–water partition coefficient (Wildman–Crippen LogP) is 2.30. The number of methoxy groups -OCH3 is 2. The number of hydrogen-bond donors (Lipinski definition) is 2. The van der Waals surface area contributed by atoms with Gasteiger partial charge in [-0.3, -0.25) is 4.79 Å². The summed E-state index contributed by atoms with van der Waals surface area (Å²) in [5, 5.41) is 3.02. The molecule has 2 atom stereocenters.